The van der Waals surface area contributed by atoms with Crippen LogP contribution in [0.15, 0.2) is 115 Å². The molecule has 1 nitrogen and oxygen atoms in total. The number of aromatic nitrogens is 1. The van der Waals surface area contributed by atoms with Gasteiger partial charge in [0.15, 0.2) is 0 Å². The van der Waals surface area contributed by atoms with Gasteiger partial charge in [-0.2, -0.15) is 4.57 Å². The van der Waals surface area contributed by atoms with E-state index in [0.29, 0.717) is 0 Å². The SMILES string of the molecule is Cc1cccc(-[n+]2c(-c3ccccc3)cc(-c3ccccc3)c3c2-c2ccccc2CC3)c1. The molecule has 1 heteroatoms. The van der Waals surface area contributed by atoms with Crippen molar-refractivity contribution in [3.05, 3.63) is 132 Å². The summed E-state index contributed by atoms with van der Waals surface area (Å²) < 4.78 is 2.49. The summed E-state index contributed by atoms with van der Waals surface area (Å²) in [5.41, 5.74) is 13.1. The number of benzene rings is 4. The van der Waals surface area contributed by atoms with E-state index >= 15 is 0 Å². The molecule has 0 amide bonds. The minimum Gasteiger partial charge on any atom is -0.152 e. The molecular weight excluding hydrogens is 398 g/mol. The molecule has 1 aliphatic carbocycles. The highest BCUT2D eigenvalue weighted by molar-refractivity contribution is 5.81. The average molecular weight is 425 g/mol. The van der Waals surface area contributed by atoms with Crippen molar-refractivity contribution in [2.75, 3.05) is 0 Å². The maximum Gasteiger partial charge on any atom is 0.223 e. The number of pyridine rings is 1. The quantitative estimate of drug-likeness (QED) is 0.266. The van der Waals surface area contributed by atoms with E-state index < -0.39 is 0 Å². The monoisotopic (exact) mass is 424 g/mol. The third-order valence-electron chi connectivity index (χ3n) is 6.69. The topological polar surface area (TPSA) is 3.88 Å². The van der Waals surface area contributed by atoms with Gasteiger partial charge in [-0.05, 0) is 60.2 Å². The number of fused-ring (bicyclic) bond motifs is 3. The lowest BCUT2D eigenvalue weighted by molar-refractivity contribution is -0.572. The molecule has 4 aromatic carbocycles. The molecule has 0 radical (unpaired) electrons. The Morgan fingerprint density at radius 3 is 2.03 bits per heavy atom. The molecule has 158 valence electrons. The third-order valence-corrected chi connectivity index (χ3v) is 6.69. The fourth-order valence-corrected chi connectivity index (χ4v) is 5.17. The molecule has 1 aromatic heterocycles. The van der Waals surface area contributed by atoms with Gasteiger partial charge in [0.2, 0.25) is 17.1 Å². The van der Waals surface area contributed by atoms with Crippen molar-refractivity contribution >= 4 is 0 Å². The molecule has 0 spiro atoms. The van der Waals surface area contributed by atoms with E-state index in [2.05, 4.69) is 127 Å². The van der Waals surface area contributed by atoms with Gasteiger partial charge in [-0.1, -0.05) is 78.9 Å². The lowest BCUT2D eigenvalue weighted by Crippen LogP contribution is -2.39. The van der Waals surface area contributed by atoms with E-state index in [1.54, 1.807) is 0 Å². The van der Waals surface area contributed by atoms with Gasteiger partial charge in [-0.25, -0.2) is 0 Å². The first-order chi connectivity index (χ1) is 16.3. The standard InChI is InChI=1S/C32H26N/c1-23-11-10-17-27(21-23)33-31(26-15-6-3-7-16-26)22-30(24-12-4-2-5-13-24)29-20-19-25-14-8-9-18-28(25)32(29)33/h2-18,21-22H,19-20H2,1H3/q+1. The van der Waals surface area contributed by atoms with E-state index in [9.17, 15) is 0 Å². The average Bonchev–Trinajstić information content (AvgIpc) is 2.88. The summed E-state index contributed by atoms with van der Waals surface area (Å²) in [6, 6.07) is 41.8. The molecule has 33 heavy (non-hydrogen) atoms. The van der Waals surface area contributed by atoms with Gasteiger partial charge in [-0.3, -0.25) is 0 Å². The first-order valence-corrected chi connectivity index (χ1v) is 11.7. The van der Waals surface area contributed by atoms with Gasteiger partial charge in [0.1, 0.15) is 0 Å². The third kappa shape index (κ3) is 3.47. The molecule has 0 atom stereocenters. The maximum atomic E-state index is 2.49. The predicted molar refractivity (Wildman–Crippen MR) is 136 cm³/mol. The zero-order valence-corrected chi connectivity index (χ0v) is 18.8. The van der Waals surface area contributed by atoms with E-state index in [4.69, 9.17) is 0 Å². The van der Waals surface area contributed by atoms with Crippen LogP contribution in [0.3, 0.4) is 0 Å². The second kappa shape index (κ2) is 8.18. The lowest BCUT2D eigenvalue weighted by Gasteiger charge is -2.23. The minimum atomic E-state index is 1.04. The summed E-state index contributed by atoms with van der Waals surface area (Å²) in [5.74, 6) is 0. The molecular formula is C32H26N+. The second-order valence-electron chi connectivity index (χ2n) is 8.83. The molecule has 5 aromatic rings. The van der Waals surface area contributed by atoms with Gasteiger partial charge in [-0.15, -0.1) is 0 Å². The Kier molecular flexibility index (Phi) is 4.88. The summed E-state index contributed by atoms with van der Waals surface area (Å²) in [6.45, 7) is 2.17. The van der Waals surface area contributed by atoms with Crippen LogP contribution in [0.4, 0.5) is 0 Å². The van der Waals surface area contributed by atoms with Crippen molar-refractivity contribution < 1.29 is 4.57 Å². The fraction of sp³-hybridized carbons (Fsp3) is 0.0938. The molecule has 0 saturated heterocycles. The number of rotatable bonds is 3. The van der Waals surface area contributed by atoms with Crippen LogP contribution < -0.4 is 4.57 Å². The van der Waals surface area contributed by atoms with Crippen LogP contribution >= 0.6 is 0 Å². The van der Waals surface area contributed by atoms with Crippen molar-refractivity contribution in [1.29, 1.82) is 0 Å². The van der Waals surface area contributed by atoms with Crippen LogP contribution in [-0.2, 0) is 12.8 Å². The van der Waals surface area contributed by atoms with Crippen LogP contribution in [0.25, 0.3) is 39.3 Å². The fourth-order valence-electron chi connectivity index (χ4n) is 5.17. The Balaban J connectivity index is 1.78. The highest BCUT2D eigenvalue weighted by atomic mass is 15.0. The van der Waals surface area contributed by atoms with Crippen LogP contribution in [0.2, 0.25) is 0 Å². The van der Waals surface area contributed by atoms with E-state index in [1.165, 1.54) is 56.0 Å². The number of nitrogens with zero attached hydrogens (tertiary/aromatic N) is 1. The molecule has 0 bridgehead atoms. The molecule has 0 N–H and O–H groups in total. The summed E-state index contributed by atoms with van der Waals surface area (Å²) in [5, 5.41) is 0. The smallest absolute Gasteiger partial charge is 0.152 e. The Morgan fingerprint density at radius 2 is 1.27 bits per heavy atom. The summed E-state index contributed by atoms with van der Waals surface area (Å²) >= 11 is 0. The maximum absolute atomic E-state index is 2.49. The first-order valence-electron chi connectivity index (χ1n) is 11.7. The zero-order valence-electron chi connectivity index (χ0n) is 18.8. The van der Waals surface area contributed by atoms with Gasteiger partial charge >= 0.3 is 0 Å². The molecule has 0 aliphatic heterocycles. The molecule has 0 fully saturated rings. The molecule has 1 heterocycles. The van der Waals surface area contributed by atoms with Crippen LogP contribution in [0.1, 0.15) is 16.7 Å². The molecule has 0 saturated carbocycles. The number of hydrogen-bond acceptors (Lipinski definition) is 0. The van der Waals surface area contributed by atoms with Crippen LogP contribution in [0.5, 0.6) is 0 Å². The summed E-state index contributed by atoms with van der Waals surface area (Å²) in [7, 11) is 0. The van der Waals surface area contributed by atoms with E-state index in [0.717, 1.165) is 12.8 Å². The Morgan fingerprint density at radius 1 is 0.576 bits per heavy atom. The minimum absolute atomic E-state index is 1.04. The van der Waals surface area contributed by atoms with E-state index in [-0.39, 0.29) is 0 Å². The van der Waals surface area contributed by atoms with Gasteiger partial charge in [0.05, 0.1) is 5.56 Å². The highest BCUT2D eigenvalue weighted by Gasteiger charge is 2.33. The largest absolute Gasteiger partial charge is 0.223 e. The molecule has 6 rings (SSSR count). The van der Waals surface area contributed by atoms with Crippen molar-refractivity contribution in [3.63, 3.8) is 0 Å². The van der Waals surface area contributed by atoms with Crippen molar-refractivity contribution in [3.8, 4) is 39.3 Å². The zero-order chi connectivity index (χ0) is 22.2. The Hall–Kier alpha value is -3.97. The molecule has 1 aliphatic rings. The predicted octanol–water partition coefficient (Wildman–Crippen LogP) is 7.37. The van der Waals surface area contributed by atoms with Crippen molar-refractivity contribution in [2.24, 2.45) is 0 Å². The second-order valence-corrected chi connectivity index (χ2v) is 8.83. The van der Waals surface area contributed by atoms with Crippen molar-refractivity contribution in [2.45, 2.75) is 19.8 Å². The van der Waals surface area contributed by atoms with Gasteiger partial charge < -0.3 is 0 Å². The van der Waals surface area contributed by atoms with Crippen LogP contribution in [-0.4, -0.2) is 0 Å². The molecule has 0 unspecified atom stereocenters. The number of hydrogen-bond donors (Lipinski definition) is 0. The first kappa shape index (κ1) is 19.7. The highest BCUT2D eigenvalue weighted by Crippen LogP contribution is 2.39. The summed E-state index contributed by atoms with van der Waals surface area (Å²) in [6.07, 6.45) is 2.11. The van der Waals surface area contributed by atoms with Crippen molar-refractivity contribution in [1.82, 2.24) is 0 Å². The Labute approximate surface area is 195 Å². The van der Waals surface area contributed by atoms with Gasteiger partial charge in [0.25, 0.3) is 0 Å². The summed E-state index contributed by atoms with van der Waals surface area (Å²) in [4.78, 5) is 0. The normalized spacial score (nSPS) is 12.2. The Bertz CT molecular complexity index is 1450. The van der Waals surface area contributed by atoms with Crippen LogP contribution in [0, 0.1) is 6.92 Å². The van der Waals surface area contributed by atoms with E-state index in [1.807, 2.05) is 0 Å². The lowest BCUT2D eigenvalue weighted by atomic mass is 9.83. The van der Waals surface area contributed by atoms with Gasteiger partial charge in [0, 0.05) is 29.3 Å². The number of aryl methyl sites for hydroxylation is 2.